The normalized spacial score (nSPS) is 17.1. The number of aryl methyl sites for hydroxylation is 1. The maximum absolute atomic E-state index is 4.34. The van der Waals surface area contributed by atoms with Gasteiger partial charge in [0, 0.05) is 57.0 Å². The third-order valence-electron chi connectivity index (χ3n) is 3.57. The maximum atomic E-state index is 4.34. The highest BCUT2D eigenvalue weighted by molar-refractivity contribution is 5.28. The summed E-state index contributed by atoms with van der Waals surface area (Å²) in [6, 6.07) is 1.86. The average molecular weight is 272 g/mol. The van der Waals surface area contributed by atoms with E-state index < -0.39 is 0 Å². The van der Waals surface area contributed by atoms with Gasteiger partial charge in [-0.15, -0.1) is 0 Å². The number of aromatic amines is 1. The molecular formula is C14H20N6. The van der Waals surface area contributed by atoms with E-state index in [0.717, 1.165) is 50.9 Å². The van der Waals surface area contributed by atoms with Crippen molar-refractivity contribution >= 4 is 5.95 Å². The first-order valence-corrected chi connectivity index (χ1v) is 7.06. The average Bonchev–Trinajstić information content (AvgIpc) is 2.74. The number of imidazole rings is 1. The van der Waals surface area contributed by atoms with Gasteiger partial charge < -0.3 is 9.88 Å². The molecule has 0 atom stereocenters. The molecule has 0 aliphatic carbocycles. The van der Waals surface area contributed by atoms with Crippen LogP contribution in [-0.4, -0.2) is 51.0 Å². The van der Waals surface area contributed by atoms with Crippen molar-refractivity contribution in [1.29, 1.82) is 0 Å². The van der Waals surface area contributed by atoms with Crippen LogP contribution in [-0.2, 0) is 6.54 Å². The number of anilines is 1. The fraction of sp³-hybridized carbons (Fsp3) is 0.500. The van der Waals surface area contributed by atoms with Crippen LogP contribution >= 0.6 is 0 Å². The van der Waals surface area contributed by atoms with Crippen molar-refractivity contribution in [3.63, 3.8) is 0 Å². The van der Waals surface area contributed by atoms with Crippen LogP contribution in [0.3, 0.4) is 0 Å². The number of nitrogens with one attached hydrogen (secondary N) is 1. The van der Waals surface area contributed by atoms with E-state index in [-0.39, 0.29) is 0 Å². The minimum atomic E-state index is 0.840. The Balaban J connectivity index is 1.59. The number of nitrogens with zero attached hydrogens (tertiary/aromatic N) is 5. The highest BCUT2D eigenvalue weighted by Gasteiger charge is 2.17. The lowest BCUT2D eigenvalue weighted by atomic mass is 10.3. The Morgan fingerprint density at radius 3 is 2.70 bits per heavy atom. The topological polar surface area (TPSA) is 60.9 Å². The molecular weight excluding hydrogens is 252 g/mol. The van der Waals surface area contributed by atoms with E-state index in [4.69, 9.17) is 0 Å². The predicted molar refractivity (Wildman–Crippen MR) is 77.5 cm³/mol. The molecule has 1 N–H and O–H groups in total. The van der Waals surface area contributed by atoms with Crippen LogP contribution in [0.25, 0.3) is 0 Å². The number of rotatable bonds is 3. The van der Waals surface area contributed by atoms with Gasteiger partial charge in [-0.1, -0.05) is 0 Å². The Morgan fingerprint density at radius 1 is 1.10 bits per heavy atom. The van der Waals surface area contributed by atoms with Gasteiger partial charge in [0.05, 0.1) is 0 Å². The molecule has 6 heteroatoms. The van der Waals surface area contributed by atoms with Crippen LogP contribution < -0.4 is 4.90 Å². The van der Waals surface area contributed by atoms with Crippen molar-refractivity contribution in [2.24, 2.45) is 0 Å². The van der Waals surface area contributed by atoms with Gasteiger partial charge in [0.1, 0.15) is 5.82 Å². The quantitative estimate of drug-likeness (QED) is 0.910. The van der Waals surface area contributed by atoms with E-state index >= 15 is 0 Å². The second kappa shape index (κ2) is 6.00. The summed E-state index contributed by atoms with van der Waals surface area (Å²) in [6.45, 7) is 7.03. The van der Waals surface area contributed by atoms with Gasteiger partial charge in [0.2, 0.25) is 5.95 Å². The number of hydrogen-bond donors (Lipinski definition) is 1. The van der Waals surface area contributed by atoms with E-state index in [0.29, 0.717) is 0 Å². The first-order chi connectivity index (χ1) is 9.81. The zero-order chi connectivity index (χ0) is 13.8. The van der Waals surface area contributed by atoms with Crippen LogP contribution in [0, 0.1) is 6.92 Å². The molecule has 6 nitrogen and oxygen atoms in total. The van der Waals surface area contributed by atoms with Crippen molar-refractivity contribution in [3.05, 3.63) is 36.2 Å². The Morgan fingerprint density at radius 2 is 1.95 bits per heavy atom. The Kier molecular flexibility index (Phi) is 3.92. The van der Waals surface area contributed by atoms with Crippen molar-refractivity contribution in [3.8, 4) is 0 Å². The zero-order valence-electron chi connectivity index (χ0n) is 11.8. The third-order valence-corrected chi connectivity index (χ3v) is 3.57. The second-order valence-electron chi connectivity index (χ2n) is 5.16. The molecule has 3 rings (SSSR count). The molecule has 2 aromatic heterocycles. The SMILES string of the molecule is Cc1ncc(CN2CCCN(c3ncccn3)CC2)[nH]1. The number of hydrogen-bond acceptors (Lipinski definition) is 5. The van der Waals surface area contributed by atoms with E-state index in [1.54, 1.807) is 12.4 Å². The molecule has 0 amide bonds. The van der Waals surface area contributed by atoms with Gasteiger partial charge in [-0.05, 0) is 19.4 Å². The highest BCUT2D eigenvalue weighted by Crippen LogP contribution is 2.12. The van der Waals surface area contributed by atoms with Crippen molar-refractivity contribution in [2.75, 3.05) is 31.1 Å². The molecule has 1 aliphatic rings. The summed E-state index contributed by atoms with van der Waals surface area (Å²) < 4.78 is 0. The number of aromatic nitrogens is 4. The minimum absolute atomic E-state index is 0.840. The van der Waals surface area contributed by atoms with Crippen molar-refractivity contribution in [1.82, 2.24) is 24.8 Å². The van der Waals surface area contributed by atoms with E-state index in [2.05, 4.69) is 29.7 Å². The highest BCUT2D eigenvalue weighted by atomic mass is 15.3. The fourth-order valence-electron chi connectivity index (χ4n) is 2.58. The summed E-state index contributed by atoms with van der Waals surface area (Å²) >= 11 is 0. The Labute approximate surface area is 118 Å². The molecule has 0 unspecified atom stereocenters. The van der Waals surface area contributed by atoms with Crippen LogP contribution in [0.1, 0.15) is 17.9 Å². The van der Waals surface area contributed by atoms with Gasteiger partial charge in [-0.25, -0.2) is 15.0 Å². The summed E-state index contributed by atoms with van der Waals surface area (Å²) in [6.07, 6.45) is 6.67. The molecule has 0 spiro atoms. The molecule has 3 heterocycles. The molecule has 0 bridgehead atoms. The summed E-state index contributed by atoms with van der Waals surface area (Å²) in [5, 5.41) is 0. The molecule has 0 aromatic carbocycles. The van der Waals surface area contributed by atoms with Crippen LogP contribution in [0.2, 0.25) is 0 Å². The molecule has 1 aliphatic heterocycles. The van der Waals surface area contributed by atoms with Crippen LogP contribution in [0.5, 0.6) is 0 Å². The lowest BCUT2D eigenvalue weighted by Crippen LogP contribution is -2.31. The van der Waals surface area contributed by atoms with E-state index in [9.17, 15) is 0 Å². The molecule has 106 valence electrons. The van der Waals surface area contributed by atoms with Gasteiger partial charge in [-0.3, -0.25) is 4.90 Å². The zero-order valence-corrected chi connectivity index (χ0v) is 11.8. The molecule has 1 saturated heterocycles. The summed E-state index contributed by atoms with van der Waals surface area (Å²) in [5.74, 6) is 1.82. The molecule has 0 saturated carbocycles. The Bertz CT molecular complexity index is 538. The molecule has 20 heavy (non-hydrogen) atoms. The largest absolute Gasteiger partial charge is 0.345 e. The number of H-pyrrole nitrogens is 1. The van der Waals surface area contributed by atoms with E-state index in [1.807, 2.05) is 19.2 Å². The van der Waals surface area contributed by atoms with Gasteiger partial charge in [0.25, 0.3) is 0 Å². The van der Waals surface area contributed by atoms with Crippen molar-refractivity contribution < 1.29 is 0 Å². The van der Waals surface area contributed by atoms with Gasteiger partial charge in [-0.2, -0.15) is 0 Å². The monoisotopic (exact) mass is 272 g/mol. The predicted octanol–water partition coefficient (Wildman–Crippen LogP) is 1.22. The lowest BCUT2D eigenvalue weighted by molar-refractivity contribution is 0.282. The van der Waals surface area contributed by atoms with Gasteiger partial charge in [0.15, 0.2) is 0 Å². The first kappa shape index (κ1) is 13.1. The maximum Gasteiger partial charge on any atom is 0.225 e. The molecule has 2 aromatic rings. The van der Waals surface area contributed by atoms with E-state index in [1.165, 1.54) is 5.69 Å². The third kappa shape index (κ3) is 3.14. The van der Waals surface area contributed by atoms with Crippen LogP contribution in [0.15, 0.2) is 24.7 Å². The fourth-order valence-corrected chi connectivity index (χ4v) is 2.58. The molecule has 1 fully saturated rings. The summed E-state index contributed by atoms with van der Waals surface area (Å²) in [7, 11) is 0. The van der Waals surface area contributed by atoms with Crippen LogP contribution in [0.4, 0.5) is 5.95 Å². The first-order valence-electron chi connectivity index (χ1n) is 7.06. The molecule has 0 radical (unpaired) electrons. The summed E-state index contributed by atoms with van der Waals surface area (Å²) in [4.78, 5) is 20.9. The smallest absolute Gasteiger partial charge is 0.225 e. The van der Waals surface area contributed by atoms with Crippen molar-refractivity contribution in [2.45, 2.75) is 19.9 Å². The lowest BCUT2D eigenvalue weighted by Gasteiger charge is -2.21. The standard InChI is InChI=1S/C14H20N6/c1-12-17-10-13(18-12)11-19-6-3-7-20(9-8-19)14-15-4-2-5-16-14/h2,4-5,10H,3,6-9,11H2,1H3,(H,17,18). The summed E-state index contributed by atoms with van der Waals surface area (Å²) in [5.41, 5.74) is 1.19. The minimum Gasteiger partial charge on any atom is -0.345 e. The second-order valence-corrected chi connectivity index (χ2v) is 5.16. The van der Waals surface area contributed by atoms with Gasteiger partial charge >= 0.3 is 0 Å². The Hall–Kier alpha value is -1.95.